The molecule has 1 aliphatic rings. The Hall–Kier alpha value is -2.67. The molecule has 1 atom stereocenters. The number of para-hydroxylation sites is 1. The fraction of sp³-hybridized carbons (Fsp3) is 0.389. The standard InChI is InChI=1S/C18H22N4O3/c1-2-21(12-14-9-6-10-25-14)18(24)15-11-16(17(19)23)22(20-15)13-7-4-3-5-8-13/h3-5,7-8,11,14H,2,6,9-10,12H2,1H3,(H2,19,23). The van der Waals surface area contributed by atoms with Crippen molar-refractivity contribution in [3.63, 3.8) is 0 Å². The Balaban J connectivity index is 1.88. The van der Waals surface area contributed by atoms with Crippen molar-refractivity contribution in [2.24, 2.45) is 5.73 Å². The van der Waals surface area contributed by atoms with E-state index >= 15 is 0 Å². The molecule has 0 aliphatic carbocycles. The Bertz CT molecular complexity index is 751. The van der Waals surface area contributed by atoms with Gasteiger partial charge in [-0.25, -0.2) is 4.68 Å². The molecule has 2 N–H and O–H groups in total. The maximum Gasteiger partial charge on any atom is 0.274 e. The van der Waals surface area contributed by atoms with Crippen LogP contribution in [0, 0.1) is 0 Å². The second-order valence-electron chi connectivity index (χ2n) is 6.01. The molecule has 25 heavy (non-hydrogen) atoms. The number of benzene rings is 1. The molecule has 1 aromatic carbocycles. The molecule has 132 valence electrons. The number of nitrogens with two attached hydrogens (primary N) is 1. The first kappa shape index (κ1) is 17.2. The predicted molar refractivity (Wildman–Crippen MR) is 92.6 cm³/mol. The van der Waals surface area contributed by atoms with Crippen LogP contribution in [0.5, 0.6) is 0 Å². The lowest BCUT2D eigenvalue weighted by molar-refractivity contribution is 0.0534. The minimum Gasteiger partial charge on any atom is -0.376 e. The number of likely N-dealkylation sites (N-methyl/N-ethyl adjacent to an activating group) is 1. The van der Waals surface area contributed by atoms with E-state index in [9.17, 15) is 9.59 Å². The van der Waals surface area contributed by atoms with Crippen LogP contribution in [-0.2, 0) is 4.74 Å². The minimum atomic E-state index is -0.627. The van der Waals surface area contributed by atoms with Gasteiger partial charge in [0.25, 0.3) is 11.8 Å². The van der Waals surface area contributed by atoms with Crippen LogP contribution >= 0.6 is 0 Å². The first-order valence-corrected chi connectivity index (χ1v) is 8.46. The van der Waals surface area contributed by atoms with Gasteiger partial charge < -0.3 is 15.4 Å². The van der Waals surface area contributed by atoms with Crippen molar-refractivity contribution in [3.05, 3.63) is 47.8 Å². The highest BCUT2D eigenvalue weighted by Gasteiger charge is 2.25. The van der Waals surface area contributed by atoms with Crippen LogP contribution in [0.2, 0.25) is 0 Å². The molecule has 0 bridgehead atoms. The maximum atomic E-state index is 12.8. The van der Waals surface area contributed by atoms with E-state index in [0.717, 1.165) is 19.4 Å². The van der Waals surface area contributed by atoms with Gasteiger partial charge in [-0.3, -0.25) is 9.59 Å². The highest BCUT2D eigenvalue weighted by molar-refractivity contribution is 5.97. The Labute approximate surface area is 146 Å². The number of rotatable bonds is 6. The van der Waals surface area contributed by atoms with Crippen molar-refractivity contribution in [1.29, 1.82) is 0 Å². The minimum absolute atomic E-state index is 0.0655. The molecule has 2 aromatic rings. The number of hydrogen-bond donors (Lipinski definition) is 1. The quantitative estimate of drug-likeness (QED) is 0.863. The van der Waals surface area contributed by atoms with E-state index in [1.165, 1.54) is 10.7 Å². The van der Waals surface area contributed by atoms with Gasteiger partial charge in [0.2, 0.25) is 0 Å². The smallest absolute Gasteiger partial charge is 0.274 e. The average molecular weight is 342 g/mol. The SMILES string of the molecule is CCN(CC1CCCO1)C(=O)c1cc(C(N)=O)n(-c2ccccc2)n1. The normalized spacial score (nSPS) is 16.8. The van der Waals surface area contributed by atoms with Crippen molar-refractivity contribution in [2.45, 2.75) is 25.9 Å². The molecule has 7 nitrogen and oxygen atoms in total. The predicted octanol–water partition coefficient (Wildman–Crippen LogP) is 1.61. The van der Waals surface area contributed by atoms with Crippen molar-refractivity contribution in [1.82, 2.24) is 14.7 Å². The number of primary amides is 1. The van der Waals surface area contributed by atoms with E-state index in [1.54, 1.807) is 17.0 Å². The topological polar surface area (TPSA) is 90.5 Å². The number of aromatic nitrogens is 2. The second kappa shape index (κ2) is 7.48. The number of hydrogen-bond acceptors (Lipinski definition) is 4. The summed E-state index contributed by atoms with van der Waals surface area (Å²) in [7, 11) is 0. The van der Waals surface area contributed by atoms with E-state index in [2.05, 4.69) is 5.10 Å². The molecule has 1 aliphatic heterocycles. The largest absolute Gasteiger partial charge is 0.376 e. The van der Waals surface area contributed by atoms with Crippen LogP contribution in [0.15, 0.2) is 36.4 Å². The van der Waals surface area contributed by atoms with E-state index < -0.39 is 5.91 Å². The first-order chi connectivity index (χ1) is 12.1. The summed E-state index contributed by atoms with van der Waals surface area (Å²) >= 11 is 0. The molecule has 1 saturated heterocycles. The highest BCUT2D eigenvalue weighted by Crippen LogP contribution is 2.17. The summed E-state index contributed by atoms with van der Waals surface area (Å²) in [6, 6.07) is 10.6. The van der Waals surface area contributed by atoms with Gasteiger partial charge in [0.05, 0.1) is 11.8 Å². The first-order valence-electron chi connectivity index (χ1n) is 8.46. The van der Waals surface area contributed by atoms with Crippen LogP contribution in [0.3, 0.4) is 0 Å². The molecule has 1 fully saturated rings. The Kier molecular flexibility index (Phi) is 5.14. The fourth-order valence-electron chi connectivity index (χ4n) is 2.98. The fourth-order valence-corrected chi connectivity index (χ4v) is 2.98. The molecule has 0 radical (unpaired) electrons. The summed E-state index contributed by atoms with van der Waals surface area (Å²) in [4.78, 5) is 26.3. The zero-order valence-corrected chi connectivity index (χ0v) is 14.2. The number of ether oxygens (including phenoxy) is 1. The van der Waals surface area contributed by atoms with Gasteiger partial charge in [0.1, 0.15) is 5.69 Å². The number of carbonyl (C=O) groups excluding carboxylic acids is 2. The van der Waals surface area contributed by atoms with Crippen LogP contribution in [0.1, 0.15) is 40.7 Å². The third-order valence-corrected chi connectivity index (χ3v) is 4.30. The van der Waals surface area contributed by atoms with E-state index in [-0.39, 0.29) is 23.4 Å². The summed E-state index contributed by atoms with van der Waals surface area (Å²) in [5, 5.41) is 4.33. The number of nitrogens with zero attached hydrogens (tertiary/aromatic N) is 3. The maximum absolute atomic E-state index is 12.8. The third kappa shape index (κ3) is 3.71. The van der Waals surface area contributed by atoms with E-state index in [1.807, 2.05) is 25.1 Å². The Morgan fingerprint density at radius 2 is 2.12 bits per heavy atom. The molecular weight excluding hydrogens is 320 g/mol. The van der Waals surface area contributed by atoms with Gasteiger partial charge in [0.15, 0.2) is 5.69 Å². The Morgan fingerprint density at radius 1 is 1.36 bits per heavy atom. The molecule has 1 unspecified atom stereocenters. The van der Waals surface area contributed by atoms with Gasteiger partial charge in [-0.2, -0.15) is 5.10 Å². The van der Waals surface area contributed by atoms with Crippen LogP contribution in [0.4, 0.5) is 0 Å². The second-order valence-corrected chi connectivity index (χ2v) is 6.01. The molecule has 7 heteroatoms. The number of carbonyl (C=O) groups is 2. The van der Waals surface area contributed by atoms with Gasteiger partial charge >= 0.3 is 0 Å². The summed E-state index contributed by atoms with van der Waals surface area (Å²) in [5.41, 5.74) is 6.53. The third-order valence-electron chi connectivity index (χ3n) is 4.30. The molecule has 0 saturated carbocycles. The lowest BCUT2D eigenvalue weighted by Gasteiger charge is -2.23. The van der Waals surface area contributed by atoms with Crippen molar-refractivity contribution in [2.75, 3.05) is 19.7 Å². The average Bonchev–Trinajstić information content (AvgIpc) is 3.29. The van der Waals surface area contributed by atoms with Gasteiger partial charge in [-0.1, -0.05) is 18.2 Å². The van der Waals surface area contributed by atoms with E-state index in [0.29, 0.717) is 18.8 Å². The van der Waals surface area contributed by atoms with Gasteiger partial charge in [-0.15, -0.1) is 0 Å². The molecule has 3 rings (SSSR count). The molecule has 2 heterocycles. The van der Waals surface area contributed by atoms with Crippen LogP contribution in [-0.4, -0.2) is 52.3 Å². The van der Waals surface area contributed by atoms with Crippen molar-refractivity contribution >= 4 is 11.8 Å². The lowest BCUT2D eigenvalue weighted by Crippen LogP contribution is -2.37. The zero-order chi connectivity index (χ0) is 17.8. The Morgan fingerprint density at radius 3 is 2.72 bits per heavy atom. The van der Waals surface area contributed by atoms with Gasteiger partial charge in [-0.05, 0) is 31.9 Å². The van der Waals surface area contributed by atoms with Gasteiger partial charge in [0, 0.05) is 25.8 Å². The zero-order valence-electron chi connectivity index (χ0n) is 14.2. The molecule has 2 amide bonds. The monoisotopic (exact) mass is 342 g/mol. The summed E-state index contributed by atoms with van der Waals surface area (Å²) < 4.78 is 7.03. The highest BCUT2D eigenvalue weighted by atomic mass is 16.5. The van der Waals surface area contributed by atoms with Crippen LogP contribution < -0.4 is 5.73 Å². The molecule has 1 aromatic heterocycles. The van der Waals surface area contributed by atoms with E-state index in [4.69, 9.17) is 10.5 Å². The summed E-state index contributed by atoms with van der Waals surface area (Å²) in [6.45, 7) is 3.73. The lowest BCUT2D eigenvalue weighted by atomic mass is 10.2. The molecule has 0 spiro atoms. The number of amides is 2. The van der Waals surface area contributed by atoms with Crippen molar-refractivity contribution in [3.8, 4) is 5.69 Å². The molecular formula is C18H22N4O3. The van der Waals surface area contributed by atoms with Crippen molar-refractivity contribution < 1.29 is 14.3 Å². The van der Waals surface area contributed by atoms with Crippen LogP contribution in [0.25, 0.3) is 5.69 Å². The summed E-state index contributed by atoms with van der Waals surface area (Å²) in [6.07, 6.45) is 2.04. The summed E-state index contributed by atoms with van der Waals surface area (Å²) in [5.74, 6) is -0.854.